The van der Waals surface area contributed by atoms with Crippen LogP contribution in [0.3, 0.4) is 0 Å². The van der Waals surface area contributed by atoms with E-state index in [-0.39, 0.29) is 23.0 Å². The third-order valence-corrected chi connectivity index (χ3v) is 13.8. The molecule has 5 atom stereocenters. The average Bonchev–Trinajstić information content (AvgIpc) is 3.17. The Labute approximate surface area is 231 Å². The summed E-state index contributed by atoms with van der Waals surface area (Å²) in [7, 11) is -2.12. The molecule has 38 heavy (non-hydrogen) atoms. The molecule has 7 heteroatoms. The molecule has 0 aromatic heterocycles. The van der Waals surface area contributed by atoms with Gasteiger partial charge < -0.3 is 23.4 Å². The first-order valence-corrected chi connectivity index (χ1v) is 17.6. The molecule has 0 aliphatic carbocycles. The second-order valence-corrected chi connectivity index (χ2v) is 18.2. The molecular weight excluding hydrogens is 496 g/mol. The lowest BCUT2D eigenvalue weighted by Gasteiger charge is -2.56. The van der Waals surface area contributed by atoms with Crippen LogP contribution in [0.1, 0.15) is 98.0 Å². The SMILES string of the molecule is CC(=O)C[C@@H]1CCC[C@]2(CC[C@@]3(O[C@H](CCOCc4ccccc4)CC[C@@]3(C)O[Si](C)(C)C(C)(C)C)O2)O1. The summed E-state index contributed by atoms with van der Waals surface area (Å²) in [6, 6.07) is 10.3. The van der Waals surface area contributed by atoms with Crippen molar-refractivity contribution in [1.29, 1.82) is 0 Å². The van der Waals surface area contributed by atoms with Crippen LogP contribution in [0.5, 0.6) is 0 Å². The number of hydrogen-bond donors (Lipinski definition) is 0. The van der Waals surface area contributed by atoms with Gasteiger partial charge in [-0.1, -0.05) is 51.1 Å². The van der Waals surface area contributed by atoms with Gasteiger partial charge in [-0.2, -0.15) is 0 Å². The minimum atomic E-state index is -2.12. The van der Waals surface area contributed by atoms with Gasteiger partial charge in [0.2, 0.25) is 0 Å². The maximum Gasteiger partial charge on any atom is 0.199 e. The van der Waals surface area contributed by atoms with Gasteiger partial charge in [0.25, 0.3) is 0 Å². The van der Waals surface area contributed by atoms with E-state index >= 15 is 0 Å². The van der Waals surface area contributed by atoms with Crippen molar-refractivity contribution in [3.05, 3.63) is 35.9 Å². The summed E-state index contributed by atoms with van der Waals surface area (Å²) in [6.07, 6.45) is 7.19. The summed E-state index contributed by atoms with van der Waals surface area (Å²) >= 11 is 0. The van der Waals surface area contributed by atoms with Gasteiger partial charge in [-0.3, -0.25) is 4.79 Å². The molecule has 4 rings (SSSR count). The molecule has 3 saturated heterocycles. The smallest absolute Gasteiger partial charge is 0.199 e. The minimum Gasteiger partial charge on any atom is -0.406 e. The normalized spacial score (nSPS) is 34.2. The van der Waals surface area contributed by atoms with Crippen LogP contribution >= 0.6 is 0 Å². The Morgan fingerprint density at radius 1 is 1.03 bits per heavy atom. The van der Waals surface area contributed by atoms with E-state index in [0.717, 1.165) is 51.4 Å². The van der Waals surface area contributed by atoms with Crippen LogP contribution in [0.25, 0.3) is 0 Å². The van der Waals surface area contributed by atoms with Gasteiger partial charge in [0.05, 0.1) is 18.8 Å². The van der Waals surface area contributed by atoms with Crippen LogP contribution in [0.15, 0.2) is 30.3 Å². The Morgan fingerprint density at radius 3 is 2.45 bits per heavy atom. The summed E-state index contributed by atoms with van der Waals surface area (Å²) in [6.45, 7) is 16.5. The number of ketones is 1. The number of rotatable bonds is 9. The topological polar surface area (TPSA) is 63.2 Å². The first-order chi connectivity index (χ1) is 17.8. The lowest BCUT2D eigenvalue weighted by atomic mass is 9.83. The molecular formula is C31H50O6Si. The molecule has 3 fully saturated rings. The number of carbonyl (C=O) groups excluding carboxylic acids is 1. The number of ether oxygens (including phenoxy) is 4. The number of carbonyl (C=O) groups is 1. The minimum absolute atomic E-state index is 0.0358. The van der Waals surface area contributed by atoms with E-state index in [1.807, 2.05) is 18.2 Å². The van der Waals surface area contributed by atoms with Crippen molar-refractivity contribution < 1.29 is 28.2 Å². The molecule has 3 aliphatic rings. The number of Topliss-reactive ketones (excluding diaryl/α,β-unsaturated/α-hetero) is 1. The lowest BCUT2D eigenvalue weighted by molar-refractivity contribution is -0.398. The van der Waals surface area contributed by atoms with Gasteiger partial charge in [0, 0.05) is 32.3 Å². The first-order valence-electron chi connectivity index (χ1n) is 14.6. The zero-order valence-electron chi connectivity index (χ0n) is 24.8. The Balaban J connectivity index is 1.50. The highest BCUT2D eigenvalue weighted by molar-refractivity contribution is 6.74. The van der Waals surface area contributed by atoms with Crippen molar-refractivity contribution in [2.24, 2.45) is 0 Å². The zero-order valence-corrected chi connectivity index (χ0v) is 25.8. The second-order valence-electron chi connectivity index (χ2n) is 13.5. The molecule has 0 bridgehead atoms. The van der Waals surface area contributed by atoms with E-state index in [1.165, 1.54) is 5.56 Å². The van der Waals surface area contributed by atoms with Gasteiger partial charge in [-0.25, -0.2) is 0 Å². The largest absolute Gasteiger partial charge is 0.406 e. The standard InChI is InChI=1S/C31H50O6Si/c1-24(32)22-27-14-11-17-30(34-27)19-20-31(36-30)29(5,37-38(6,7)28(2,3)4)18-15-26(35-31)16-21-33-23-25-12-9-8-10-13-25/h8-10,12-13,26-27H,11,14-23H2,1-7H3/t26-,27-,29+,30-,31+/m0/s1. The number of benzene rings is 1. The molecule has 6 nitrogen and oxygen atoms in total. The van der Waals surface area contributed by atoms with Crippen LogP contribution in [0, 0.1) is 0 Å². The lowest BCUT2D eigenvalue weighted by Crippen LogP contribution is -2.65. The third kappa shape index (κ3) is 6.61. The number of hydrogen-bond acceptors (Lipinski definition) is 6. The average molecular weight is 547 g/mol. The van der Waals surface area contributed by atoms with Gasteiger partial charge >= 0.3 is 0 Å². The quantitative estimate of drug-likeness (QED) is 0.239. The highest BCUT2D eigenvalue weighted by Gasteiger charge is 2.65. The fourth-order valence-electron chi connectivity index (χ4n) is 6.06. The predicted molar refractivity (Wildman–Crippen MR) is 151 cm³/mol. The van der Waals surface area contributed by atoms with Gasteiger partial charge in [0.1, 0.15) is 11.4 Å². The van der Waals surface area contributed by atoms with Crippen LogP contribution in [-0.2, 0) is 34.8 Å². The van der Waals surface area contributed by atoms with Crippen LogP contribution in [0.2, 0.25) is 18.1 Å². The zero-order chi connectivity index (χ0) is 27.7. The molecule has 3 aliphatic heterocycles. The maximum absolute atomic E-state index is 11.9. The predicted octanol–water partition coefficient (Wildman–Crippen LogP) is 7.30. The fourth-order valence-corrected chi connectivity index (χ4v) is 7.75. The summed E-state index contributed by atoms with van der Waals surface area (Å²) in [5, 5.41) is 0.0730. The van der Waals surface area contributed by atoms with Crippen molar-refractivity contribution in [1.82, 2.24) is 0 Å². The molecule has 214 valence electrons. The highest BCUT2D eigenvalue weighted by atomic mass is 28.4. The molecule has 0 amide bonds. The highest BCUT2D eigenvalue weighted by Crippen LogP contribution is 2.56. The van der Waals surface area contributed by atoms with E-state index in [0.29, 0.717) is 19.6 Å². The Hall–Kier alpha value is -1.09. The summed E-state index contributed by atoms with van der Waals surface area (Å²) in [5.74, 6) is -1.42. The second kappa shape index (κ2) is 11.4. The van der Waals surface area contributed by atoms with Crippen LogP contribution in [-0.4, -0.2) is 50.1 Å². The van der Waals surface area contributed by atoms with Gasteiger partial charge in [0.15, 0.2) is 19.9 Å². The van der Waals surface area contributed by atoms with Crippen molar-refractivity contribution >= 4 is 14.1 Å². The van der Waals surface area contributed by atoms with E-state index in [9.17, 15) is 4.79 Å². The Morgan fingerprint density at radius 2 is 1.76 bits per heavy atom. The van der Waals surface area contributed by atoms with Crippen molar-refractivity contribution in [2.75, 3.05) is 6.61 Å². The molecule has 2 spiro atoms. The molecule has 0 radical (unpaired) electrons. The van der Waals surface area contributed by atoms with Crippen molar-refractivity contribution in [3.8, 4) is 0 Å². The van der Waals surface area contributed by atoms with Crippen molar-refractivity contribution in [3.63, 3.8) is 0 Å². The van der Waals surface area contributed by atoms with E-state index in [2.05, 4.69) is 52.9 Å². The third-order valence-electron chi connectivity index (χ3n) is 9.25. The summed E-state index contributed by atoms with van der Waals surface area (Å²) in [5.41, 5.74) is 0.608. The maximum atomic E-state index is 11.9. The Bertz CT molecular complexity index is 945. The van der Waals surface area contributed by atoms with E-state index < -0.39 is 25.5 Å². The molecule has 0 N–H and O–H groups in total. The Kier molecular flexibility index (Phi) is 8.98. The summed E-state index contributed by atoms with van der Waals surface area (Å²) in [4.78, 5) is 11.9. The molecule has 3 heterocycles. The van der Waals surface area contributed by atoms with Crippen LogP contribution in [0.4, 0.5) is 0 Å². The van der Waals surface area contributed by atoms with Gasteiger partial charge in [-0.05, 0) is 69.6 Å². The molecule has 0 unspecified atom stereocenters. The van der Waals surface area contributed by atoms with E-state index in [1.54, 1.807) is 6.92 Å². The molecule has 1 aromatic carbocycles. The van der Waals surface area contributed by atoms with E-state index in [4.69, 9.17) is 23.4 Å². The summed E-state index contributed by atoms with van der Waals surface area (Å²) < 4.78 is 33.7. The van der Waals surface area contributed by atoms with Gasteiger partial charge in [-0.15, -0.1) is 0 Å². The van der Waals surface area contributed by atoms with Crippen molar-refractivity contribution in [2.45, 2.75) is 147 Å². The molecule has 1 aromatic rings. The fraction of sp³-hybridized carbons (Fsp3) is 0.774. The molecule has 0 saturated carbocycles. The first kappa shape index (κ1) is 29.9. The van der Waals surface area contributed by atoms with Crippen LogP contribution < -0.4 is 0 Å². The monoisotopic (exact) mass is 546 g/mol.